The first-order valence-electron chi connectivity index (χ1n) is 6.71. The molecule has 0 fully saturated rings. The monoisotopic (exact) mass is 278 g/mol. The summed E-state index contributed by atoms with van der Waals surface area (Å²) < 4.78 is 4.61. The second kappa shape index (κ2) is 5.37. The van der Waals surface area contributed by atoms with Crippen molar-refractivity contribution in [3.8, 4) is 0 Å². The Kier molecular flexibility index (Phi) is 3.40. The molecule has 0 bridgehead atoms. The molecule has 0 heterocycles. The van der Waals surface area contributed by atoms with Gasteiger partial charge in [-0.15, -0.1) is 0 Å². The number of ether oxygens (including phenoxy) is 1. The van der Waals surface area contributed by atoms with Gasteiger partial charge in [-0.3, -0.25) is 9.59 Å². The van der Waals surface area contributed by atoms with Crippen LogP contribution >= 0.6 is 0 Å². The van der Waals surface area contributed by atoms with E-state index in [4.69, 9.17) is 0 Å². The van der Waals surface area contributed by atoms with Crippen LogP contribution in [0.5, 0.6) is 0 Å². The van der Waals surface area contributed by atoms with Gasteiger partial charge < -0.3 is 4.74 Å². The molecular weight excluding hydrogens is 264 g/mol. The van der Waals surface area contributed by atoms with Gasteiger partial charge in [0, 0.05) is 5.56 Å². The lowest BCUT2D eigenvalue weighted by Crippen LogP contribution is -2.10. The van der Waals surface area contributed by atoms with Crippen molar-refractivity contribution in [1.82, 2.24) is 0 Å². The number of hydrogen-bond acceptors (Lipinski definition) is 3. The largest absolute Gasteiger partial charge is 0.469 e. The van der Waals surface area contributed by atoms with Gasteiger partial charge in [0.05, 0.1) is 7.11 Å². The van der Waals surface area contributed by atoms with E-state index in [1.807, 2.05) is 48.5 Å². The molecule has 3 nitrogen and oxygen atoms in total. The molecule has 0 aliphatic rings. The molecular formula is C18H14O3. The molecule has 0 saturated heterocycles. The number of hydrogen-bond donors (Lipinski definition) is 0. The number of Topliss-reactive ketones (excluding diaryl/α,β-unsaturated/α-hetero) is 1. The van der Waals surface area contributed by atoms with Gasteiger partial charge in [0.15, 0.2) is 5.78 Å². The average molecular weight is 278 g/mol. The Balaban J connectivity index is 2.30. The number of fused-ring (bicyclic) bond motifs is 2. The minimum absolute atomic E-state index is 0.213. The SMILES string of the molecule is COC(=O)CC(=O)c1c2ccccc2cc2ccccc12. The fraction of sp³-hybridized carbons (Fsp3) is 0.111. The van der Waals surface area contributed by atoms with Crippen LogP contribution in [-0.4, -0.2) is 18.9 Å². The smallest absolute Gasteiger partial charge is 0.313 e. The van der Waals surface area contributed by atoms with Gasteiger partial charge in [-0.25, -0.2) is 0 Å². The summed E-state index contributed by atoms with van der Waals surface area (Å²) in [7, 11) is 1.29. The molecule has 0 unspecified atom stereocenters. The maximum absolute atomic E-state index is 12.5. The third kappa shape index (κ3) is 2.38. The third-order valence-electron chi connectivity index (χ3n) is 3.58. The predicted molar refractivity (Wildman–Crippen MR) is 82.4 cm³/mol. The highest BCUT2D eigenvalue weighted by atomic mass is 16.5. The van der Waals surface area contributed by atoms with Crippen LogP contribution in [0.1, 0.15) is 16.8 Å². The second-order valence-electron chi connectivity index (χ2n) is 4.87. The summed E-state index contributed by atoms with van der Waals surface area (Å²) in [4.78, 5) is 24.0. The molecule has 3 aromatic carbocycles. The van der Waals surface area contributed by atoms with Crippen LogP contribution in [0.15, 0.2) is 54.6 Å². The van der Waals surface area contributed by atoms with E-state index in [1.54, 1.807) is 0 Å². The molecule has 0 atom stereocenters. The number of carbonyl (C=O) groups excluding carboxylic acids is 2. The molecule has 0 aliphatic heterocycles. The molecule has 104 valence electrons. The van der Waals surface area contributed by atoms with Crippen LogP contribution in [0.2, 0.25) is 0 Å². The summed E-state index contributed by atoms with van der Waals surface area (Å²) in [6.07, 6.45) is -0.242. The van der Waals surface area contributed by atoms with Crippen molar-refractivity contribution in [2.24, 2.45) is 0 Å². The number of ketones is 1. The number of methoxy groups -OCH3 is 1. The van der Waals surface area contributed by atoms with Crippen LogP contribution in [-0.2, 0) is 9.53 Å². The van der Waals surface area contributed by atoms with Gasteiger partial charge in [-0.05, 0) is 27.6 Å². The summed E-state index contributed by atoms with van der Waals surface area (Å²) in [5.74, 6) is -0.730. The Morgan fingerprint density at radius 1 is 0.905 bits per heavy atom. The molecule has 0 aromatic heterocycles. The molecule has 0 spiro atoms. The van der Waals surface area contributed by atoms with Crippen molar-refractivity contribution < 1.29 is 14.3 Å². The topological polar surface area (TPSA) is 43.4 Å². The van der Waals surface area contributed by atoms with Gasteiger partial charge in [0.1, 0.15) is 6.42 Å². The molecule has 3 rings (SSSR count). The summed E-state index contributed by atoms with van der Waals surface area (Å²) in [5.41, 5.74) is 0.592. The summed E-state index contributed by atoms with van der Waals surface area (Å²) >= 11 is 0. The van der Waals surface area contributed by atoms with Crippen LogP contribution < -0.4 is 0 Å². The lowest BCUT2D eigenvalue weighted by molar-refractivity contribution is -0.139. The molecule has 0 saturated carbocycles. The first-order valence-corrected chi connectivity index (χ1v) is 6.71. The van der Waals surface area contributed by atoms with Crippen molar-refractivity contribution in [2.45, 2.75) is 6.42 Å². The van der Waals surface area contributed by atoms with Crippen molar-refractivity contribution in [3.05, 3.63) is 60.2 Å². The Morgan fingerprint density at radius 2 is 1.43 bits per heavy atom. The van der Waals surface area contributed by atoms with E-state index in [0.29, 0.717) is 5.56 Å². The van der Waals surface area contributed by atoms with Gasteiger partial charge in [-0.1, -0.05) is 48.5 Å². The fourth-order valence-corrected chi connectivity index (χ4v) is 2.61. The van der Waals surface area contributed by atoms with E-state index in [-0.39, 0.29) is 12.2 Å². The van der Waals surface area contributed by atoms with E-state index in [2.05, 4.69) is 10.8 Å². The highest BCUT2D eigenvalue weighted by Crippen LogP contribution is 2.29. The summed E-state index contributed by atoms with van der Waals surface area (Å²) in [6.45, 7) is 0. The third-order valence-corrected chi connectivity index (χ3v) is 3.58. The number of esters is 1. The Bertz CT molecular complexity index is 795. The van der Waals surface area contributed by atoms with Gasteiger partial charge >= 0.3 is 5.97 Å². The number of carbonyl (C=O) groups is 2. The molecule has 0 N–H and O–H groups in total. The van der Waals surface area contributed by atoms with Crippen molar-refractivity contribution >= 4 is 33.3 Å². The van der Waals surface area contributed by atoms with Crippen molar-refractivity contribution in [1.29, 1.82) is 0 Å². The number of benzene rings is 3. The number of rotatable bonds is 3. The van der Waals surface area contributed by atoms with E-state index in [9.17, 15) is 9.59 Å². The van der Waals surface area contributed by atoms with E-state index >= 15 is 0 Å². The zero-order chi connectivity index (χ0) is 14.8. The van der Waals surface area contributed by atoms with Crippen LogP contribution in [0.25, 0.3) is 21.5 Å². The minimum Gasteiger partial charge on any atom is -0.469 e. The Hall–Kier alpha value is -2.68. The second-order valence-corrected chi connectivity index (χ2v) is 4.87. The average Bonchev–Trinajstić information content (AvgIpc) is 2.52. The normalized spacial score (nSPS) is 10.7. The minimum atomic E-state index is -0.517. The molecule has 0 aliphatic carbocycles. The summed E-state index contributed by atoms with van der Waals surface area (Å²) in [6, 6.07) is 17.5. The maximum atomic E-state index is 12.5. The first-order chi connectivity index (χ1) is 10.2. The molecule has 21 heavy (non-hydrogen) atoms. The van der Waals surface area contributed by atoms with E-state index < -0.39 is 5.97 Å². The van der Waals surface area contributed by atoms with E-state index in [1.165, 1.54) is 7.11 Å². The zero-order valence-corrected chi connectivity index (χ0v) is 11.6. The van der Waals surface area contributed by atoms with Crippen LogP contribution in [0, 0.1) is 0 Å². The molecule has 3 heteroatoms. The lowest BCUT2D eigenvalue weighted by Gasteiger charge is -2.10. The highest BCUT2D eigenvalue weighted by Gasteiger charge is 2.17. The first kappa shape index (κ1) is 13.3. The predicted octanol–water partition coefficient (Wildman–Crippen LogP) is 3.74. The molecule has 0 amide bonds. The van der Waals surface area contributed by atoms with Gasteiger partial charge in [-0.2, -0.15) is 0 Å². The Morgan fingerprint density at radius 3 is 1.95 bits per heavy atom. The highest BCUT2D eigenvalue weighted by molar-refractivity contribution is 6.21. The van der Waals surface area contributed by atoms with Crippen LogP contribution in [0.3, 0.4) is 0 Å². The quantitative estimate of drug-likeness (QED) is 0.317. The summed E-state index contributed by atoms with van der Waals surface area (Å²) in [5, 5.41) is 3.71. The van der Waals surface area contributed by atoms with Gasteiger partial charge in [0.25, 0.3) is 0 Å². The standard InChI is InChI=1S/C18H14O3/c1-21-17(20)11-16(19)18-14-8-4-2-6-12(14)10-13-7-3-5-9-15(13)18/h2-10H,11H2,1H3. The van der Waals surface area contributed by atoms with Crippen molar-refractivity contribution in [2.75, 3.05) is 7.11 Å². The van der Waals surface area contributed by atoms with Gasteiger partial charge in [0.2, 0.25) is 0 Å². The lowest BCUT2D eigenvalue weighted by atomic mass is 9.93. The zero-order valence-electron chi connectivity index (χ0n) is 11.6. The van der Waals surface area contributed by atoms with Crippen molar-refractivity contribution in [3.63, 3.8) is 0 Å². The van der Waals surface area contributed by atoms with Crippen LogP contribution in [0.4, 0.5) is 0 Å². The fourth-order valence-electron chi connectivity index (χ4n) is 2.61. The molecule has 3 aromatic rings. The maximum Gasteiger partial charge on any atom is 0.313 e. The Labute approximate surface area is 122 Å². The van der Waals surface area contributed by atoms with E-state index in [0.717, 1.165) is 21.5 Å². The molecule has 0 radical (unpaired) electrons.